The maximum atomic E-state index is 14.0. The molecular formula is C19H25FN2O2. The van der Waals surface area contributed by atoms with Crippen LogP contribution in [0, 0.1) is 11.7 Å². The van der Waals surface area contributed by atoms with Crippen molar-refractivity contribution >= 4 is 11.8 Å². The van der Waals surface area contributed by atoms with Gasteiger partial charge in [0.2, 0.25) is 11.8 Å². The van der Waals surface area contributed by atoms with Crippen molar-refractivity contribution in [2.24, 2.45) is 5.92 Å². The maximum Gasteiger partial charge on any atom is 0.223 e. The van der Waals surface area contributed by atoms with Gasteiger partial charge in [-0.3, -0.25) is 9.59 Å². The molecule has 24 heavy (non-hydrogen) atoms. The Kier molecular flexibility index (Phi) is 5.17. The van der Waals surface area contributed by atoms with Crippen molar-refractivity contribution in [1.29, 1.82) is 0 Å². The van der Waals surface area contributed by atoms with Crippen LogP contribution in [-0.2, 0) is 9.59 Å². The third-order valence-corrected chi connectivity index (χ3v) is 4.82. The molecule has 0 aliphatic heterocycles. The summed E-state index contributed by atoms with van der Waals surface area (Å²) in [5.41, 5.74) is 0.569. The second kappa shape index (κ2) is 7.32. The minimum atomic E-state index is -0.264. The highest BCUT2D eigenvalue weighted by Gasteiger charge is 2.36. The Labute approximate surface area is 142 Å². The van der Waals surface area contributed by atoms with E-state index in [2.05, 4.69) is 5.32 Å². The maximum absolute atomic E-state index is 14.0. The molecule has 1 N–H and O–H groups in total. The van der Waals surface area contributed by atoms with Crippen molar-refractivity contribution in [2.75, 3.05) is 6.54 Å². The van der Waals surface area contributed by atoms with Crippen LogP contribution in [0.25, 0.3) is 0 Å². The zero-order chi connectivity index (χ0) is 17.1. The van der Waals surface area contributed by atoms with Gasteiger partial charge in [0.15, 0.2) is 0 Å². The molecule has 0 unspecified atom stereocenters. The van der Waals surface area contributed by atoms with E-state index >= 15 is 0 Å². The van der Waals surface area contributed by atoms with Gasteiger partial charge in [-0.05, 0) is 45.1 Å². The molecule has 1 aromatic carbocycles. The van der Waals surface area contributed by atoms with Crippen molar-refractivity contribution in [3.63, 3.8) is 0 Å². The van der Waals surface area contributed by atoms with Gasteiger partial charge in [0, 0.05) is 30.5 Å². The number of carbonyl (C=O) groups excluding carboxylic acids is 2. The molecule has 0 saturated heterocycles. The molecular weight excluding hydrogens is 307 g/mol. The van der Waals surface area contributed by atoms with Crippen LogP contribution in [-0.4, -0.2) is 29.3 Å². The smallest absolute Gasteiger partial charge is 0.223 e. The lowest BCUT2D eigenvalue weighted by Gasteiger charge is -2.30. The summed E-state index contributed by atoms with van der Waals surface area (Å²) in [6.45, 7) is 2.43. The van der Waals surface area contributed by atoms with E-state index in [1.54, 1.807) is 18.2 Å². The lowest BCUT2D eigenvalue weighted by Crippen LogP contribution is -2.36. The van der Waals surface area contributed by atoms with Crippen LogP contribution in [0.2, 0.25) is 0 Å². The number of halogens is 1. The predicted octanol–water partition coefficient (Wildman–Crippen LogP) is 3.18. The molecule has 2 amide bonds. The number of carbonyl (C=O) groups is 2. The van der Waals surface area contributed by atoms with E-state index in [0.717, 1.165) is 25.7 Å². The summed E-state index contributed by atoms with van der Waals surface area (Å²) in [7, 11) is 0. The topological polar surface area (TPSA) is 49.4 Å². The summed E-state index contributed by atoms with van der Waals surface area (Å²) in [5.74, 6) is 0.0973. The fourth-order valence-electron chi connectivity index (χ4n) is 3.12. The van der Waals surface area contributed by atoms with Crippen molar-refractivity contribution in [3.8, 4) is 0 Å². The van der Waals surface area contributed by atoms with Crippen LogP contribution in [0.4, 0.5) is 4.39 Å². The molecule has 2 aliphatic carbocycles. The van der Waals surface area contributed by atoms with Gasteiger partial charge in [0.05, 0.1) is 6.04 Å². The van der Waals surface area contributed by atoms with Gasteiger partial charge in [-0.1, -0.05) is 18.2 Å². The van der Waals surface area contributed by atoms with Crippen LogP contribution in [0.5, 0.6) is 0 Å². The number of nitrogens with zero attached hydrogens (tertiary/aromatic N) is 1. The van der Waals surface area contributed by atoms with E-state index in [-0.39, 0.29) is 35.6 Å². The Balaban J connectivity index is 1.53. The standard InChI is InChI=1S/C19H25FN2O2/c1-13(16-5-2-3-6-17(16)20)22(15-10-11-15)18(23)7-4-12-21-19(24)14-8-9-14/h2-3,5-6,13-15H,4,7-12H2,1H3,(H,21,24)/t13-/m1/s1. The predicted molar refractivity (Wildman–Crippen MR) is 89.7 cm³/mol. The van der Waals surface area contributed by atoms with E-state index < -0.39 is 0 Å². The monoisotopic (exact) mass is 332 g/mol. The molecule has 5 heteroatoms. The molecule has 0 aromatic heterocycles. The fraction of sp³-hybridized carbons (Fsp3) is 0.579. The van der Waals surface area contributed by atoms with E-state index in [1.165, 1.54) is 6.07 Å². The second-order valence-electron chi connectivity index (χ2n) is 6.90. The van der Waals surface area contributed by atoms with Gasteiger partial charge < -0.3 is 10.2 Å². The van der Waals surface area contributed by atoms with Crippen molar-refractivity contribution in [1.82, 2.24) is 10.2 Å². The Hall–Kier alpha value is -1.91. The number of hydrogen-bond acceptors (Lipinski definition) is 2. The summed E-state index contributed by atoms with van der Waals surface area (Å²) in [6.07, 6.45) is 4.97. The molecule has 2 fully saturated rings. The zero-order valence-electron chi connectivity index (χ0n) is 14.1. The van der Waals surface area contributed by atoms with E-state index in [1.807, 2.05) is 11.8 Å². The third kappa shape index (κ3) is 4.13. The van der Waals surface area contributed by atoms with Crippen LogP contribution in [0.15, 0.2) is 24.3 Å². The molecule has 1 aromatic rings. The number of amides is 2. The summed E-state index contributed by atoms with van der Waals surface area (Å²) in [4.78, 5) is 26.1. The molecule has 2 saturated carbocycles. The molecule has 0 bridgehead atoms. The molecule has 130 valence electrons. The van der Waals surface area contributed by atoms with E-state index in [4.69, 9.17) is 0 Å². The number of rotatable bonds is 8. The normalized spacial score (nSPS) is 18.1. The first-order chi connectivity index (χ1) is 11.6. The minimum Gasteiger partial charge on any atom is -0.356 e. The van der Waals surface area contributed by atoms with Crippen LogP contribution >= 0.6 is 0 Å². The van der Waals surface area contributed by atoms with Crippen molar-refractivity contribution in [2.45, 2.75) is 57.5 Å². The Morgan fingerprint density at radius 3 is 2.58 bits per heavy atom. The van der Waals surface area contributed by atoms with Gasteiger partial charge in [-0.15, -0.1) is 0 Å². The van der Waals surface area contributed by atoms with Gasteiger partial charge >= 0.3 is 0 Å². The van der Waals surface area contributed by atoms with Crippen LogP contribution < -0.4 is 5.32 Å². The van der Waals surface area contributed by atoms with Gasteiger partial charge in [-0.2, -0.15) is 0 Å². The largest absolute Gasteiger partial charge is 0.356 e. The summed E-state index contributed by atoms with van der Waals surface area (Å²) in [6, 6.07) is 6.63. The zero-order valence-corrected chi connectivity index (χ0v) is 14.1. The van der Waals surface area contributed by atoms with Gasteiger partial charge in [0.25, 0.3) is 0 Å². The van der Waals surface area contributed by atoms with Crippen LogP contribution in [0.1, 0.15) is 57.1 Å². The van der Waals surface area contributed by atoms with Crippen molar-refractivity contribution in [3.05, 3.63) is 35.6 Å². The number of nitrogens with one attached hydrogen (secondary N) is 1. The van der Waals surface area contributed by atoms with Gasteiger partial charge in [0.1, 0.15) is 5.82 Å². The number of benzene rings is 1. The molecule has 0 radical (unpaired) electrons. The van der Waals surface area contributed by atoms with E-state index in [9.17, 15) is 14.0 Å². The van der Waals surface area contributed by atoms with Crippen molar-refractivity contribution < 1.29 is 14.0 Å². The Bertz CT molecular complexity index is 611. The molecule has 4 nitrogen and oxygen atoms in total. The minimum absolute atomic E-state index is 0.0499. The van der Waals surface area contributed by atoms with Gasteiger partial charge in [-0.25, -0.2) is 4.39 Å². The first-order valence-electron chi connectivity index (χ1n) is 8.91. The molecule has 0 spiro atoms. The Morgan fingerprint density at radius 1 is 1.25 bits per heavy atom. The second-order valence-corrected chi connectivity index (χ2v) is 6.90. The molecule has 1 atom stereocenters. The van der Waals surface area contributed by atoms with E-state index in [0.29, 0.717) is 24.9 Å². The fourth-order valence-corrected chi connectivity index (χ4v) is 3.12. The third-order valence-electron chi connectivity index (χ3n) is 4.82. The highest BCUT2D eigenvalue weighted by Crippen LogP contribution is 2.35. The average molecular weight is 332 g/mol. The summed E-state index contributed by atoms with van der Waals surface area (Å²) >= 11 is 0. The lowest BCUT2D eigenvalue weighted by atomic mass is 10.1. The highest BCUT2D eigenvalue weighted by molar-refractivity contribution is 5.81. The molecule has 2 aliphatic rings. The summed E-state index contributed by atoms with van der Waals surface area (Å²) < 4.78 is 14.0. The molecule has 3 rings (SSSR count). The first-order valence-corrected chi connectivity index (χ1v) is 8.91. The first kappa shape index (κ1) is 16.9. The molecule has 0 heterocycles. The quantitative estimate of drug-likeness (QED) is 0.743. The average Bonchev–Trinajstić information content (AvgIpc) is 3.45. The summed E-state index contributed by atoms with van der Waals surface area (Å²) in [5, 5.41) is 2.88. The SMILES string of the molecule is C[C@H](c1ccccc1F)N(C(=O)CCCNC(=O)C1CC1)C1CC1. The van der Waals surface area contributed by atoms with Crippen LogP contribution in [0.3, 0.4) is 0 Å². The Morgan fingerprint density at radius 2 is 1.96 bits per heavy atom. The number of hydrogen-bond donors (Lipinski definition) is 1. The highest BCUT2D eigenvalue weighted by atomic mass is 19.1. The lowest BCUT2D eigenvalue weighted by molar-refractivity contribution is -0.134.